The number of benzene rings is 1. The van der Waals surface area contributed by atoms with Crippen molar-refractivity contribution in [3.63, 3.8) is 0 Å². The first-order valence-corrected chi connectivity index (χ1v) is 13.4. The minimum absolute atomic E-state index is 0. The number of hydrogen-bond donors (Lipinski definition) is 2. The van der Waals surface area contributed by atoms with Crippen LogP contribution in [0.25, 0.3) is 0 Å². The molecule has 0 spiro atoms. The molecule has 1 atom stereocenters. The van der Waals surface area contributed by atoms with Gasteiger partial charge in [-0.05, 0) is 54.2 Å². The van der Waals surface area contributed by atoms with Crippen LogP contribution in [-0.2, 0) is 25.5 Å². The number of esters is 3. The van der Waals surface area contributed by atoms with Gasteiger partial charge < -0.3 is 26.6 Å². The van der Waals surface area contributed by atoms with Crippen LogP contribution in [0.5, 0.6) is 11.5 Å². The average Bonchev–Trinajstić information content (AvgIpc) is 2.78. The third-order valence-electron chi connectivity index (χ3n) is 6.08. The first-order chi connectivity index (χ1) is 17.6. The van der Waals surface area contributed by atoms with Crippen LogP contribution in [0.2, 0.25) is 0 Å². The van der Waals surface area contributed by atoms with E-state index in [0.717, 1.165) is 25.7 Å². The second-order valence-corrected chi connectivity index (χ2v) is 12.6. The Bertz CT molecular complexity index is 992. The van der Waals surface area contributed by atoms with Crippen molar-refractivity contribution in [3.8, 4) is 11.5 Å². The number of quaternary nitrogens is 1. The van der Waals surface area contributed by atoms with Gasteiger partial charge in [0, 0.05) is 6.42 Å². The van der Waals surface area contributed by atoms with Crippen LogP contribution in [-0.4, -0.2) is 43.1 Å². The van der Waals surface area contributed by atoms with Crippen LogP contribution in [0.3, 0.4) is 0 Å². The van der Waals surface area contributed by atoms with Crippen LogP contribution in [0.1, 0.15) is 92.1 Å². The van der Waals surface area contributed by atoms with E-state index >= 15 is 0 Å². The van der Waals surface area contributed by atoms with E-state index in [2.05, 4.69) is 5.32 Å². The molecule has 0 aliphatic heterocycles. The molecule has 0 unspecified atom stereocenters. The quantitative estimate of drug-likeness (QED) is 0.337. The summed E-state index contributed by atoms with van der Waals surface area (Å²) in [4.78, 5) is 50.3. The van der Waals surface area contributed by atoms with Gasteiger partial charge in [0.15, 0.2) is 11.5 Å². The summed E-state index contributed by atoms with van der Waals surface area (Å²) in [6, 6.07) is 3.75. The van der Waals surface area contributed by atoms with Gasteiger partial charge in [-0.15, -0.1) is 0 Å². The van der Waals surface area contributed by atoms with Crippen molar-refractivity contribution < 1.29 is 51.1 Å². The van der Waals surface area contributed by atoms with Gasteiger partial charge in [0.1, 0.15) is 6.04 Å². The minimum Gasteiger partial charge on any atom is -1.00 e. The Morgan fingerprint density at radius 2 is 1.44 bits per heavy atom. The molecule has 1 fully saturated rings. The van der Waals surface area contributed by atoms with Gasteiger partial charge in [0.2, 0.25) is 0 Å². The molecule has 0 aromatic heterocycles. The molecular formula is C29H45ClN2O7. The standard InChI is InChI=1S/C29H44N2O7.ClH/c1-28(2,3)17-24(32)37-22-14-13-19(16-23(22)38-25(33)18-29(4,5)6)15-21(26(34)36-7)31-27(35)30-20-11-9-8-10-12-20;/h13-14,16,20-21H,8-12,15,17-18H2,1-7H3,(H2,30,31,35);1H/t21-;/m0./s1. The summed E-state index contributed by atoms with van der Waals surface area (Å²) in [5.41, 5.74) is 0.0284. The van der Waals surface area contributed by atoms with Gasteiger partial charge in [0.25, 0.3) is 0 Å². The highest BCUT2D eigenvalue weighted by Gasteiger charge is 2.28. The largest absolute Gasteiger partial charge is 1.00 e. The van der Waals surface area contributed by atoms with Gasteiger partial charge in [-0.2, -0.15) is 0 Å². The molecule has 1 aromatic rings. The van der Waals surface area contributed by atoms with Crippen LogP contribution in [0, 0.1) is 10.8 Å². The Hall–Kier alpha value is -2.65. The summed E-state index contributed by atoms with van der Waals surface area (Å²) >= 11 is 0. The molecule has 9 nitrogen and oxygen atoms in total. The van der Waals surface area contributed by atoms with Crippen molar-refractivity contribution in [1.82, 2.24) is 5.32 Å². The predicted molar refractivity (Wildman–Crippen MR) is 143 cm³/mol. The molecule has 1 aliphatic rings. The van der Waals surface area contributed by atoms with Crippen LogP contribution in [0.15, 0.2) is 18.2 Å². The zero-order valence-corrected chi connectivity index (χ0v) is 25.1. The monoisotopic (exact) mass is 568 g/mol. The second kappa shape index (κ2) is 15.2. The number of ether oxygens (including phenoxy) is 3. The van der Waals surface area contributed by atoms with Crippen molar-refractivity contribution in [2.24, 2.45) is 10.8 Å². The number of amides is 2. The lowest BCUT2D eigenvalue weighted by Crippen LogP contribution is -3.00. The third kappa shape index (κ3) is 13.3. The number of methoxy groups -OCH3 is 1. The number of nitrogens with two attached hydrogens (primary N) is 1. The number of halogens is 1. The summed E-state index contributed by atoms with van der Waals surface area (Å²) in [7, 11) is 1.27. The van der Waals surface area contributed by atoms with E-state index in [-0.39, 0.29) is 66.1 Å². The lowest BCUT2D eigenvalue weighted by molar-refractivity contribution is -0.599. The fourth-order valence-electron chi connectivity index (χ4n) is 4.33. The first-order valence-electron chi connectivity index (χ1n) is 13.4. The Morgan fingerprint density at radius 1 is 0.897 bits per heavy atom. The molecule has 10 heteroatoms. The van der Waals surface area contributed by atoms with E-state index in [1.807, 2.05) is 41.5 Å². The molecule has 0 radical (unpaired) electrons. The molecule has 220 valence electrons. The van der Waals surface area contributed by atoms with E-state index in [9.17, 15) is 19.2 Å². The van der Waals surface area contributed by atoms with Gasteiger partial charge >= 0.3 is 23.9 Å². The predicted octanol–water partition coefficient (Wildman–Crippen LogP) is 1.06. The highest BCUT2D eigenvalue weighted by Crippen LogP contribution is 2.32. The summed E-state index contributed by atoms with van der Waals surface area (Å²) < 4.78 is 16.1. The molecule has 2 rings (SSSR count). The maximum Gasteiger partial charge on any atom is 0.414 e. The van der Waals surface area contributed by atoms with Gasteiger partial charge in [-0.25, -0.2) is 9.59 Å². The third-order valence-corrected chi connectivity index (χ3v) is 6.08. The van der Waals surface area contributed by atoms with Crippen molar-refractivity contribution in [2.75, 3.05) is 7.11 Å². The van der Waals surface area contributed by atoms with Crippen molar-refractivity contribution in [3.05, 3.63) is 23.8 Å². The molecule has 0 saturated heterocycles. The van der Waals surface area contributed by atoms with Gasteiger partial charge in [-0.1, -0.05) is 54.0 Å². The molecule has 2 amide bonds. The Morgan fingerprint density at radius 3 is 1.95 bits per heavy atom. The summed E-state index contributed by atoms with van der Waals surface area (Å²) in [6.45, 7) is 11.5. The summed E-state index contributed by atoms with van der Waals surface area (Å²) in [5.74, 6) is -1.29. The van der Waals surface area contributed by atoms with E-state index in [1.54, 1.807) is 23.5 Å². The number of carbonyl (C=O) groups excluding carboxylic acids is 4. The fourth-order valence-corrected chi connectivity index (χ4v) is 4.33. The van der Waals surface area contributed by atoms with E-state index in [0.29, 0.717) is 5.56 Å². The fraction of sp³-hybridized carbons (Fsp3) is 0.655. The normalized spacial score (nSPS) is 14.9. The van der Waals surface area contributed by atoms with Crippen molar-refractivity contribution in [1.29, 1.82) is 0 Å². The second-order valence-electron chi connectivity index (χ2n) is 12.6. The maximum absolute atomic E-state index is 12.7. The Kier molecular flexibility index (Phi) is 13.4. The molecule has 0 heterocycles. The average molecular weight is 569 g/mol. The Balaban J connectivity index is 0.00000760. The topological polar surface area (TPSA) is 125 Å². The number of hydrogen-bond acceptors (Lipinski definition) is 7. The van der Waals surface area contributed by atoms with E-state index in [1.165, 1.54) is 13.5 Å². The lowest BCUT2D eigenvalue weighted by Gasteiger charge is -2.21. The molecule has 1 saturated carbocycles. The van der Waals surface area contributed by atoms with Gasteiger partial charge in [-0.3, -0.25) is 20.2 Å². The summed E-state index contributed by atoms with van der Waals surface area (Å²) in [6.07, 6.45) is 5.75. The molecule has 1 aliphatic carbocycles. The number of carbonyl (C=O) groups is 4. The molecule has 0 bridgehead atoms. The van der Waals surface area contributed by atoms with Crippen LogP contribution >= 0.6 is 0 Å². The smallest absolute Gasteiger partial charge is 0.414 e. The number of nitrogens with one attached hydrogen (secondary N) is 1. The molecule has 3 N–H and O–H groups in total. The number of rotatable bonds is 9. The minimum atomic E-state index is -0.931. The SMILES string of the molecule is COC(=O)[C@H](Cc1ccc(OC(=O)CC(C)(C)C)c(OC(=O)CC(C)(C)C)c1)NC(=O)[NH2+]C1CCCCC1.[Cl-]. The van der Waals surface area contributed by atoms with Gasteiger partial charge in [0.05, 0.1) is 26.0 Å². The highest BCUT2D eigenvalue weighted by molar-refractivity contribution is 5.81. The maximum atomic E-state index is 12.7. The molecular weight excluding hydrogens is 524 g/mol. The Labute approximate surface area is 238 Å². The highest BCUT2D eigenvalue weighted by atomic mass is 35.5. The molecule has 39 heavy (non-hydrogen) atoms. The van der Waals surface area contributed by atoms with Crippen molar-refractivity contribution in [2.45, 2.75) is 105 Å². The summed E-state index contributed by atoms with van der Waals surface area (Å²) in [5, 5.41) is 4.42. The zero-order chi connectivity index (χ0) is 28.5. The van der Waals surface area contributed by atoms with E-state index < -0.39 is 23.9 Å². The first kappa shape index (κ1) is 34.4. The zero-order valence-electron chi connectivity index (χ0n) is 24.4. The number of urea groups is 1. The number of primary amides is 1. The van der Waals surface area contributed by atoms with E-state index in [4.69, 9.17) is 14.2 Å². The van der Waals surface area contributed by atoms with Crippen LogP contribution < -0.4 is 32.5 Å². The lowest BCUT2D eigenvalue weighted by atomic mass is 9.92. The molecule has 1 aromatic carbocycles. The van der Waals surface area contributed by atoms with Crippen LogP contribution in [0.4, 0.5) is 4.79 Å². The van der Waals surface area contributed by atoms with Crippen molar-refractivity contribution >= 4 is 23.9 Å².